The summed E-state index contributed by atoms with van der Waals surface area (Å²) in [4.78, 5) is 0. The lowest BCUT2D eigenvalue weighted by molar-refractivity contribution is 0.280. The van der Waals surface area contributed by atoms with Gasteiger partial charge >= 0.3 is 0 Å². The zero-order valence-corrected chi connectivity index (χ0v) is 16.3. The van der Waals surface area contributed by atoms with E-state index in [4.69, 9.17) is 5.10 Å². The number of aromatic nitrogens is 2. The Balaban J connectivity index is 2.10. The number of aliphatic hydroxyl groups is 1. The second-order valence-corrected chi connectivity index (χ2v) is 7.39. The molecule has 0 aliphatic carbocycles. The van der Waals surface area contributed by atoms with Crippen LogP contribution in [0.25, 0.3) is 27.9 Å². The van der Waals surface area contributed by atoms with Crippen LogP contribution < -0.4 is 0 Å². The van der Waals surface area contributed by atoms with E-state index < -0.39 is 0 Å². The van der Waals surface area contributed by atoms with Crippen LogP contribution in [0.5, 0.6) is 0 Å². The minimum atomic E-state index is -0.289. The molecule has 0 amide bonds. The van der Waals surface area contributed by atoms with Crippen molar-refractivity contribution in [2.45, 2.75) is 33.3 Å². The summed E-state index contributed by atoms with van der Waals surface area (Å²) in [7, 11) is 0. The minimum Gasteiger partial charge on any atom is -0.392 e. The van der Waals surface area contributed by atoms with Gasteiger partial charge in [0.25, 0.3) is 0 Å². The van der Waals surface area contributed by atoms with Crippen LogP contribution in [0.3, 0.4) is 0 Å². The molecule has 0 aliphatic rings. The molecule has 142 valence electrons. The molecule has 4 aromatic rings. The first-order chi connectivity index (χ1) is 13.5. The molecule has 0 atom stereocenters. The number of rotatable bonds is 4. The number of hydrogen-bond acceptors (Lipinski definition) is 2. The number of halogens is 1. The van der Waals surface area contributed by atoms with Gasteiger partial charge in [-0.25, -0.2) is 8.91 Å². The van der Waals surface area contributed by atoms with E-state index in [0.29, 0.717) is 5.69 Å². The molecule has 1 N–H and O–H groups in total. The van der Waals surface area contributed by atoms with E-state index in [-0.39, 0.29) is 18.3 Å². The Morgan fingerprint density at radius 2 is 1.68 bits per heavy atom. The van der Waals surface area contributed by atoms with Gasteiger partial charge in [0.15, 0.2) is 0 Å². The molecule has 0 saturated carbocycles. The molecule has 4 heteroatoms. The molecule has 2 heterocycles. The van der Waals surface area contributed by atoms with Gasteiger partial charge in [0.2, 0.25) is 0 Å². The number of benzene rings is 2. The van der Waals surface area contributed by atoms with E-state index in [1.807, 2.05) is 29.6 Å². The molecule has 2 aromatic carbocycles. The van der Waals surface area contributed by atoms with E-state index >= 15 is 0 Å². The van der Waals surface area contributed by atoms with Gasteiger partial charge in [-0.05, 0) is 54.3 Å². The second kappa shape index (κ2) is 7.21. The van der Waals surface area contributed by atoms with E-state index in [2.05, 4.69) is 32.0 Å². The average Bonchev–Trinajstić information content (AvgIpc) is 3.04. The van der Waals surface area contributed by atoms with Gasteiger partial charge in [-0.1, -0.05) is 44.2 Å². The van der Waals surface area contributed by atoms with Crippen LogP contribution in [0.4, 0.5) is 4.39 Å². The monoisotopic (exact) mass is 374 g/mol. The molecular formula is C24H23FN2O. The van der Waals surface area contributed by atoms with Crippen LogP contribution >= 0.6 is 0 Å². The standard InChI is InChI=1S/C24H23FN2O/c1-15(2)22-21(14-28)23(18-9-11-19(25)12-10-18)26-27-16(3)13-20(24(22)27)17-7-5-4-6-8-17/h4-13,15,28H,14H2,1-3H3. The van der Waals surface area contributed by atoms with Crippen LogP contribution in [0.2, 0.25) is 0 Å². The smallest absolute Gasteiger partial charge is 0.123 e. The van der Waals surface area contributed by atoms with E-state index in [0.717, 1.165) is 39.0 Å². The quantitative estimate of drug-likeness (QED) is 0.495. The van der Waals surface area contributed by atoms with Crippen molar-refractivity contribution in [3.8, 4) is 22.4 Å². The van der Waals surface area contributed by atoms with Crippen LogP contribution in [-0.4, -0.2) is 14.7 Å². The van der Waals surface area contributed by atoms with Crippen LogP contribution in [0, 0.1) is 12.7 Å². The fourth-order valence-electron chi connectivity index (χ4n) is 3.91. The number of nitrogens with zero attached hydrogens (tertiary/aromatic N) is 2. The third-order valence-electron chi connectivity index (χ3n) is 5.16. The lowest BCUT2D eigenvalue weighted by atomic mass is 9.91. The summed E-state index contributed by atoms with van der Waals surface area (Å²) in [5, 5.41) is 15.1. The van der Waals surface area contributed by atoms with Gasteiger partial charge in [-0.15, -0.1) is 0 Å². The van der Waals surface area contributed by atoms with Gasteiger partial charge < -0.3 is 5.11 Å². The van der Waals surface area contributed by atoms with Gasteiger partial charge in [0.1, 0.15) is 5.82 Å². The Morgan fingerprint density at radius 3 is 2.29 bits per heavy atom. The normalized spacial score (nSPS) is 11.5. The number of hydrogen-bond donors (Lipinski definition) is 1. The molecule has 0 fully saturated rings. The first-order valence-corrected chi connectivity index (χ1v) is 9.48. The van der Waals surface area contributed by atoms with Crippen molar-refractivity contribution >= 4 is 5.52 Å². The molecule has 3 nitrogen and oxygen atoms in total. The Kier molecular flexibility index (Phi) is 4.73. The van der Waals surface area contributed by atoms with Crippen molar-refractivity contribution in [1.82, 2.24) is 9.61 Å². The first-order valence-electron chi connectivity index (χ1n) is 9.48. The summed E-state index contributed by atoms with van der Waals surface area (Å²) in [6.45, 7) is 6.16. The minimum absolute atomic E-state index is 0.123. The molecule has 0 radical (unpaired) electrons. The molecule has 0 unspecified atom stereocenters. The summed E-state index contributed by atoms with van der Waals surface area (Å²) >= 11 is 0. The third kappa shape index (κ3) is 3.00. The number of aryl methyl sites for hydroxylation is 1. The van der Waals surface area contributed by atoms with Gasteiger partial charge in [-0.3, -0.25) is 0 Å². The molecule has 28 heavy (non-hydrogen) atoms. The fraction of sp³-hybridized carbons (Fsp3) is 0.208. The van der Waals surface area contributed by atoms with Crippen LogP contribution in [0.1, 0.15) is 36.6 Å². The molecule has 2 aromatic heterocycles. The van der Waals surface area contributed by atoms with Crippen molar-refractivity contribution < 1.29 is 9.50 Å². The molecular weight excluding hydrogens is 351 g/mol. The lowest BCUT2D eigenvalue weighted by Crippen LogP contribution is -2.09. The van der Waals surface area contributed by atoms with Gasteiger partial charge in [-0.2, -0.15) is 5.10 Å². The average molecular weight is 374 g/mol. The summed E-state index contributed by atoms with van der Waals surface area (Å²) in [6, 6.07) is 18.6. The van der Waals surface area contributed by atoms with E-state index in [1.54, 1.807) is 12.1 Å². The third-order valence-corrected chi connectivity index (χ3v) is 5.16. The van der Waals surface area contributed by atoms with Crippen molar-refractivity contribution in [1.29, 1.82) is 0 Å². The SMILES string of the molecule is Cc1cc(-c2ccccc2)c2c(C(C)C)c(CO)c(-c3ccc(F)cc3)nn12. The zero-order chi connectivity index (χ0) is 19.8. The second-order valence-electron chi connectivity index (χ2n) is 7.39. The van der Waals surface area contributed by atoms with Crippen molar-refractivity contribution in [2.24, 2.45) is 0 Å². The van der Waals surface area contributed by atoms with Crippen molar-refractivity contribution in [2.75, 3.05) is 0 Å². The maximum atomic E-state index is 13.4. The Labute approximate surface area is 164 Å². The van der Waals surface area contributed by atoms with Crippen molar-refractivity contribution in [3.63, 3.8) is 0 Å². The van der Waals surface area contributed by atoms with Crippen LogP contribution in [0.15, 0.2) is 60.7 Å². The van der Waals surface area contributed by atoms with Gasteiger partial charge in [0, 0.05) is 22.4 Å². The number of aliphatic hydroxyl groups excluding tert-OH is 1. The van der Waals surface area contributed by atoms with E-state index in [9.17, 15) is 9.50 Å². The highest BCUT2D eigenvalue weighted by Gasteiger charge is 2.22. The predicted octanol–water partition coefficient (Wildman–Crippen LogP) is 5.73. The van der Waals surface area contributed by atoms with Crippen LogP contribution in [-0.2, 0) is 6.61 Å². The van der Waals surface area contributed by atoms with E-state index in [1.165, 1.54) is 12.1 Å². The number of fused-ring (bicyclic) bond motifs is 1. The highest BCUT2D eigenvalue weighted by atomic mass is 19.1. The maximum Gasteiger partial charge on any atom is 0.123 e. The van der Waals surface area contributed by atoms with Crippen molar-refractivity contribution in [3.05, 3.63) is 83.3 Å². The Bertz CT molecular complexity index is 1130. The Morgan fingerprint density at radius 1 is 1.00 bits per heavy atom. The maximum absolute atomic E-state index is 13.4. The highest BCUT2D eigenvalue weighted by molar-refractivity contribution is 5.86. The fourth-order valence-corrected chi connectivity index (χ4v) is 3.91. The summed E-state index contributed by atoms with van der Waals surface area (Å²) in [6.07, 6.45) is 0. The Hall–Kier alpha value is -2.98. The largest absolute Gasteiger partial charge is 0.392 e. The molecule has 0 aliphatic heterocycles. The molecule has 0 spiro atoms. The zero-order valence-electron chi connectivity index (χ0n) is 16.3. The highest BCUT2D eigenvalue weighted by Crippen LogP contribution is 2.38. The van der Waals surface area contributed by atoms with Gasteiger partial charge in [0.05, 0.1) is 17.8 Å². The predicted molar refractivity (Wildman–Crippen MR) is 111 cm³/mol. The molecule has 4 rings (SSSR count). The molecule has 0 bridgehead atoms. The summed E-state index contributed by atoms with van der Waals surface area (Å²) in [5.74, 6) is -0.105. The summed E-state index contributed by atoms with van der Waals surface area (Å²) in [5.41, 5.74) is 7.62. The lowest BCUT2D eigenvalue weighted by Gasteiger charge is -2.19. The topological polar surface area (TPSA) is 37.5 Å². The molecule has 0 saturated heterocycles. The summed E-state index contributed by atoms with van der Waals surface area (Å²) < 4.78 is 15.4. The first kappa shape index (κ1) is 18.4.